The third kappa shape index (κ3) is 7.46. The van der Waals surface area contributed by atoms with Crippen LogP contribution in [0.3, 0.4) is 0 Å². The van der Waals surface area contributed by atoms with Crippen molar-refractivity contribution in [3.05, 3.63) is 35.6 Å². The van der Waals surface area contributed by atoms with Gasteiger partial charge in [0.05, 0.1) is 0 Å². The molecular weight excluding hydrogens is 359 g/mol. The van der Waals surface area contributed by atoms with Crippen molar-refractivity contribution >= 4 is 11.9 Å². The zero-order valence-corrected chi connectivity index (χ0v) is 17.0. The first kappa shape index (κ1) is 22.1. The molecule has 28 heavy (non-hydrogen) atoms. The maximum Gasteiger partial charge on any atom is 0.315 e. The minimum atomic E-state index is -0.549. The standard InChI is InChI=1S/C21H33FN4O2/c1-3-5-19(20(27)24-18-10-13-26(12-4-2)14-11-18)25-21(28)23-15-16-6-8-17(22)9-7-16/h6-9,18-19H,3-5,10-15H2,1-2H3,(H,24,27)(H2,23,25,28). The minimum absolute atomic E-state index is 0.118. The van der Waals surface area contributed by atoms with Gasteiger partial charge in [-0.05, 0) is 49.9 Å². The van der Waals surface area contributed by atoms with Gasteiger partial charge in [-0.1, -0.05) is 32.4 Å². The third-order valence-corrected chi connectivity index (χ3v) is 5.04. The lowest BCUT2D eigenvalue weighted by atomic mass is 10.0. The largest absolute Gasteiger partial charge is 0.351 e. The van der Waals surface area contributed by atoms with Crippen LogP contribution in [-0.2, 0) is 11.3 Å². The van der Waals surface area contributed by atoms with E-state index in [1.165, 1.54) is 12.1 Å². The number of carbonyl (C=O) groups excluding carboxylic acids is 2. The Morgan fingerprint density at radius 1 is 1.14 bits per heavy atom. The molecule has 1 heterocycles. The van der Waals surface area contributed by atoms with E-state index in [0.29, 0.717) is 6.42 Å². The summed E-state index contributed by atoms with van der Waals surface area (Å²) < 4.78 is 12.9. The second-order valence-corrected chi connectivity index (χ2v) is 7.42. The van der Waals surface area contributed by atoms with E-state index in [2.05, 4.69) is 27.8 Å². The Kier molecular flexibility index (Phi) is 9.20. The topological polar surface area (TPSA) is 73.5 Å². The summed E-state index contributed by atoms with van der Waals surface area (Å²) >= 11 is 0. The number of nitrogens with one attached hydrogen (secondary N) is 3. The lowest BCUT2D eigenvalue weighted by molar-refractivity contribution is -0.124. The monoisotopic (exact) mass is 392 g/mol. The van der Waals surface area contributed by atoms with Crippen LogP contribution < -0.4 is 16.0 Å². The number of benzene rings is 1. The average Bonchev–Trinajstić information content (AvgIpc) is 2.69. The summed E-state index contributed by atoms with van der Waals surface area (Å²) in [6, 6.07) is 5.18. The van der Waals surface area contributed by atoms with Gasteiger partial charge in [0.25, 0.3) is 0 Å². The number of urea groups is 1. The third-order valence-electron chi connectivity index (χ3n) is 5.04. The molecule has 3 N–H and O–H groups in total. The highest BCUT2D eigenvalue weighted by Crippen LogP contribution is 2.11. The number of nitrogens with zero attached hydrogens (tertiary/aromatic N) is 1. The number of likely N-dealkylation sites (tertiary alicyclic amines) is 1. The highest BCUT2D eigenvalue weighted by molar-refractivity contribution is 5.87. The molecule has 0 spiro atoms. The maximum atomic E-state index is 12.9. The van der Waals surface area contributed by atoms with Gasteiger partial charge >= 0.3 is 6.03 Å². The van der Waals surface area contributed by atoms with Crippen LogP contribution in [0.4, 0.5) is 9.18 Å². The van der Waals surface area contributed by atoms with Crippen molar-refractivity contribution in [2.45, 2.75) is 64.6 Å². The van der Waals surface area contributed by atoms with E-state index in [9.17, 15) is 14.0 Å². The number of piperidine rings is 1. The Balaban J connectivity index is 1.78. The highest BCUT2D eigenvalue weighted by Gasteiger charge is 2.25. The average molecular weight is 393 g/mol. The van der Waals surface area contributed by atoms with E-state index < -0.39 is 12.1 Å². The fraction of sp³-hybridized carbons (Fsp3) is 0.619. The summed E-state index contributed by atoms with van der Waals surface area (Å²) in [5, 5.41) is 8.60. The Morgan fingerprint density at radius 3 is 2.43 bits per heavy atom. The van der Waals surface area contributed by atoms with Crippen LogP contribution in [0.1, 0.15) is 51.5 Å². The fourth-order valence-corrected chi connectivity index (χ4v) is 3.47. The maximum absolute atomic E-state index is 12.9. The summed E-state index contributed by atoms with van der Waals surface area (Å²) in [6.45, 7) is 7.56. The molecule has 156 valence electrons. The van der Waals surface area contributed by atoms with E-state index in [-0.39, 0.29) is 24.3 Å². The van der Waals surface area contributed by atoms with Crippen LogP contribution in [-0.4, -0.2) is 48.6 Å². The SMILES string of the molecule is CCCC(NC(=O)NCc1ccc(F)cc1)C(=O)NC1CCN(CCC)CC1. The van der Waals surface area contributed by atoms with Gasteiger partial charge in [-0.2, -0.15) is 0 Å². The Morgan fingerprint density at radius 2 is 1.82 bits per heavy atom. The van der Waals surface area contributed by atoms with Crippen molar-refractivity contribution in [3.63, 3.8) is 0 Å². The van der Waals surface area contributed by atoms with Gasteiger partial charge in [-0.15, -0.1) is 0 Å². The van der Waals surface area contributed by atoms with Crippen LogP contribution in [0.5, 0.6) is 0 Å². The summed E-state index contributed by atoms with van der Waals surface area (Å²) in [6.07, 6.45) is 4.42. The molecule has 0 saturated carbocycles. The van der Waals surface area contributed by atoms with Gasteiger partial charge in [-0.25, -0.2) is 9.18 Å². The summed E-state index contributed by atoms with van der Waals surface area (Å²) in [5.41, 5.74) is 0.798. The van der Waals surface area contributed by atoms with Gasteiger partial charge in [0.2, 0.25) is 5.91 Å². The molecule has 1 aliphatic rings. The van der Waals surface area contributed by atoms with Crippen LogP contribution in [0.15, 0.2) is 24.3 Å². The number of amides is 3. The highest BCUT2D eigenvalue weighted by atomic mass is 19.1. The first-order chi connectivity index (χ1) is 13.5. The van der Waals surface area contributed by atoms with Crippen LogP contribution in [0, 0.1) is 5.82 Å². The molecule has 1 atom stereocenters. The van der Waals surface area contributed by atoms with E-state index in [0.717, 1.165) is 50.9 Å². The number of hydrogen-bond donors (Lipinski definition) is 3. The quantitative estimate of drug-likeness (QED) is 0.605. The number of carbonyl (C=O) groups is 2. The van der Waals surface area contributed by atoms with Crippen LogP contribution in [0.2, 0.25) is 0 Å². The van der Waals surface area contributed by atoms with Crippen LogP contribution in [0.25, 0.3) is 0 Å². The molecule has 1 aromatic rings. The number of halogens is 1. The molecule has 7 heteroatoms. The normalized spacial score (nSPS) is 16.4. The summed E-state index contributed by atoms with van der Waals surface area (Å²) in [5.74, 6) is -0.430. The van der Waals surface area contributed by atoms with Crippen LogP contribution >= 0.6 is 0 Å². The molecule has 1 unspecified atom stereocenters. The van der Waals surface area contributed by atoms with Gasteiger partial charge in [-0.3, -0.25) is 4.79 Å². The van der Waals surface area contributed by atoms with Crippen molar-refractivity contribution in [2.24, 2.45) is 0 Å². The lowest BCUT2D eigenvalue weighted by Gasteiger charge is -2.33. The lowest BCUT2D eigenvalue weighted by Crippen LogP contribution is -2.53. The van der Waals surface area contributed by atoms with Crippen molar-refractivity contribution < 1.29 is 14.0 Å². The Bertz CT molecular complexity index is 615. The first-order valence-electron chi connectivity index (χ1n) is 10.3. The first-order valence-corrected chi connectivity index (χ1v) is 10.3. The molecule has 2 rings (SSSR count). The predicted molar refractivity (Wildman–Crippen MR) is 108 cm³/mol. The smallest absolute Gasteiger partial charge is 0.315 e. The second kappa shape index (κ2) is 11.6. The molecule has 0 aromatic heterocycles. The van der Waals surface area contributed by atoms with Gasteiger partial charge in [0, 0.05) is 25.7 Å². The molecule has 0 bridgehead atoms. The van der Waals surface area contributed by atoms with Crippen molar-refractivity contribution in [1.82, 2.24) is 20.9 Å². The predicted octanol–water partition coefficient (Wildman–Crippen LogP) is 2.78. The fourth-order valence-electron chi connectivity index (χ4n) is 3.47. The zero-order valence-electron chi connectivity index (χ0n) is 17.0. The van der Waals surface area contributed by atoms with E-state index >= 15 is 0 Å². The molecule has 3 amide bonds. The Hall–Kier alpha value is -2.15. The van der Waals surface area contributed by atoms with Crippen molar-refractivity contribution in [2.75, 3.05) is 19.6 Å². The number of rotatable bonds is 9. The molecular formula is C21H33FN4O2. The minimum Gasteiger partial charge on any atom is -0.351 e. The van der Waals surface area contributed by atoms with Gasteiger partial charge in [0.15, 0.2) is 0 Å². The van der Waals surface area contributed by atoms with E-state index in [1.54, 1.807) is 12.1 Å². The molecule has 6 nitrogen and oxygen atoms in total. The van der Waals surface area contributed by atoms with Gasteiger partial charge in [0.1, 0.15) is 11.9 Å². The molecule has 1 saturated heterocycles. The molecule has 1 fully saturated rings. The second-order valence-electron chi connectivity index (χ2n) is 7.42. The Labute approximate surface area is 167 Å². The van der Waals surface area contributed by atoms with E-state index in [1.807, 2.05) is 6.92 Å². The molecule has 1 aliphatic heterocycles. The van der Waals surface area contributed by atoms with Crippen molar-refractivity contribution in [3.8, 4) is 0 Å². The molecule has 1 aromatic carbocycles. The molecule has 0 aliphatic carbocycles. The molecule has 0 radical (unpaired) electrons. The zero-order chi connectivity index (χ0) is 20.4. The summed E-state index contributed by atoms with van der Waals surface area (Å²) in [7, 11) is 0. The van der Waals surface area contributed by atoms with Crippen molar-refractivity contribution in [1.29, 1.82) is 0 Å². The summed E-state index contributed by atoms with van der Waals surface area (Å²) in [4.78, 5) is 27.3. The van der Waals surface area contributed by atoms with E-state index in [4.69, 9.17) is 0 Å². The number of hydrogen-bond acceptors (Lipinski definition) is 3. The van der Waals surface area contributed by atoms with Gasteiger partial charge < -0.3 is 20.9 Å².